The predicted octanol–water partition coefficient (Wildman–Crippen LogP) is 4.60. The van der Waals surface area contributed by atoms with E-state index >= 15 is 0 Å². The number of fused-ring (bicyclic) bond motifs is 1. The van der Waals surface area contributed by atoms with Gasteiger partial charge in [0.2, 0.25) is 0 Å². The van der Waals surface area contributed by atoms with Gasteiger partial charge in [0.05, 0.1) is 0 Å². The number of hydrogen-bond donors (Lipinski definition) is 0. The Labute approximate surface area is 113 Å². The van der Waals surface area contributed by atoms with E-state index in [4.69, 9.17) is 11.6 Å². The molecule has 2 aromatic rings. The molecule has 0 amide bonds. The van der Waals surface area contributed by atoms with E-state index in [2.05, 4.69) is 6.07 Å². The van der Waals surface area contributed by atoms with Crippen molar-refractivity contribution in [1.82, 2.24) is 0 Å². The number of aryl methyl sites for hydroxylation is 1. The lowest BCUT2D eigenvalue weighted by molar-refractivity contribution is 0.0863. The van der Waals surface area contributed by atoms with Crippen molar-refractivity contribution in [3.63, 3.8) is 0 Å². The van der Waals surface area contributed by atoms with Crippen LogP contribution in [0.3, 0.4) is 0 Å². The predicted molar refractivity (Wildman–Crippen MR) is 77.5 cm³/mol. The molecule has 0 fully saturated rings. The van der Waals surface area contributed by atoms with Crippen molar-refractivity contribution in [3.05, 3.63) is 47.5 Å². The molecule has 18 heavy (non-hydrogen) atoms. The van der Waals surface area contributed by atoms with Gasteiger partial charge in [-0.05, 0) is 23.3 Å². The molecule has 0 atom stereocenters. The molecule has 2 heteroatoms. The lowest BCUT2D eigenvalue weighted by Crippen LogP contribution is -2.27. The molecule has 1 nitrogen and oxygen atoms in total. The average molecular weight is 261 g/mol. The number of halogens is 1. The van der Waals surface area contributed by atoms with Crippen LogP contribution in [-0.2, 0) is 0 Å². The third-order valence-electron chi connectivity index (χ3n) is 3.31. The Balaban J connectivity index is 2.70. The van der Waals surface area contributed by atoms with E-state index in [9.17, 15) is 4.79 Å². The van der Waals surface area contributed by atoms with E-state index in [0.717, 1.165) is 21.9 Å². The topological polar surface area (TPSA) is 17.1 Å². The van der Waals surface area contributed by atoms with E-state index in [1.165, 1.54) is 0 Å². The molecule has 0 saturated heterocycles. The zero-order valence-electron chi connectivity index (χ0n) is 11.0. The van der Waals surface area contributed by atoms with Crippen LogP contribution in [0.25, 0.3) is 10.8 Å². The molecule has 0 aliphatic rings. The third-order valence-corrected chi connectivity index (χ3v) is 3.98. The molecule has 0 radical (unpaired) electrons. The Morgan fingerprint density at radius 2 is 1.83 bits per heavy atom. The normalized spacial score (nSPS) is 11.8. The minimum atomic E-state index is -0.531. The maximum Gasteiger partial charge on any atom is 0.170 e. The Morgan fingerprint density at radius 1 is 1.17 bits per heavy atom. The molecule has 0 unspecified atom stereocenters. The van der Waals surface area contributed by atoms with Gasteiger partial charge in [-0.2, -0.15) is 0 Å². The second-order valence-corrected chi connectivity index (χ2v) is 5.59. The summed E-state index contributed by atoms with van der Waals surface area (Å²) in [6, 6.07) is 12.0. The second-order valence-electron chi connectivity index (χ2n) is 5.33. The van der Waals surface area contributed by atoms with E-state index < -0.39 is 5.41 Å². The maximum absolute atomic E-state index is 12.6. The fourth-order valence-electron chi connectivity index (χ4n) is 2.08. The molecule has 2 aromatic carbocycles. The lowest BCUT2D eigenvalue weighted by Gasteiger charge is -2.22. The smallest absolute Gasteiger partial charge is 0.170 e. The monoisotopic (exact) mass is 260 g/mol. The molecular weight excluding hydrogens is 244 g/mol. The van der Waals surface area contributed by atoms with Gasteiger partial charge in [0.25, 0.3) is 0 Å². The van der Waals surface area contributed by atoms with Crippen LogP contribution < -0.4 is 0 Å². The van der Waals surface area contributed by atoms with Crippen LogP contribution in [0.1, 0.15) is 29.8 Å². The van der Waals surface area contributed by atoms with Gasteiger partial charge in [-0.1, -0.05) is 50.2 Å². The quantitative estimate of drug-likeness (QED) is 0.582. The summed E-state index contributed by atoms with van der Waals surface area (Å²) >= 11 is 5.92. The molecular formula is C16H17ClO. The summed E-state index contributed by atoms with van der Waals surface area (Å²) < 4.78 is 0. The number of ketones is 1. The van der Waals surface area contributed by atoms with E-state index in [0.29, 0.717) is 5.88 Å². The number of carbonyl (C=O) groups excluding carboxylic acids is 1. The molecule has 2 rings (SSSR count). The Hall–Kier alpha value is -1.34. The van der Waals surface area contributed by atoms with Crippen LogP contribution in [0.5, 0.6) is 0 Å². The summed E-state index contributed by atoms with van der Waals surface area (Å²) in [7, 11) is 0. The number of benzene rings is 2. The van der Waals surface area contributed by atoms with Crippen LogP contribution in [0.2, 0.25) is 0 Å². The first-order valence-corrected chi connectivity index (χ1v) is 6.60. The van der Waals surface area contributed by atoms with Crippen molar-refractivity contribution < 1.29 is 4.79 Å². The minimum Gasteiger partial charge on any atom is -0.294 e. The molecule has 0 saturated carbocycles. The first kappa shape index (κ1) is 13.1. The van der Waals surface area contributed by atoms with Crippen LogP contribution >= 0.6 is 11.6 Å². The number of carbonyl (C=O) groups is 1. The van der Waals surface area contributed by atoms with Gasteiger partial charge in [-0.25, -0.2) is 0 Å². The van der Waals surface area contributed by atoms with Gasteiger partial charge in [0.15, 0.2) is 5.78 Å². The molecule has 0 bridgehead atoms. The first-order chi connectivity index (χ1) is 8.47. The van der Waals surface area contributed by atoms with Crippen LogP contribution in [0.15, 0.2) is 36.4 Å². The van der Waals surface area contributed by atoms with Crippen LogP contribution in [0.4, 0.5) is 0 Å². The zero-order chi connectivity index (χ0) is 13.3. The maximum atomic E-state index is 12.6. The number of hydrogen-bond acceptors (Lipinski definition) is 1. The molecule has 0 spiro atoms. The van der Waals surface area contributed by atoms with Crippen molar-refractivity contribution in [2.45, 2.75) is 20.8 Å². The van der Waals surface area contributed by atoms with E-state index in [1.807, 2.05) is 51.1 Å². The van der Waals surface area contributed by atoms with Gasteiger partial charge in [0, 0.05) is 16.9 Å². The van der Waals surface area contributed by atoms with Crippen molar-refractivity contribution in [2.24, 2.45) is 5.41 Å². The highest BCUT2D eigenvalue weighted by Gasteiger charge is 2.29. The minimum absolute atomic E-state index is 0.117. The number of alkyl halides is 1. The average Bonchev–Trinajstić information content (AvgIpc) is 2.38. The summed E-state index contributed by atoms with van der Waals surface area (Å²) in [4.78, 5) is 12.6. The summed E-state index contributed by atoms with van der Waals surface area (Å²) in [6.45, 7) is 5.76. The first-order valence-electron chi connectivity index (χ1n) is 6.06. The third kappa shape index (κ3) is 2.15. The molecule has 94 valence electrons. The largest absolute Gasteiger partial charge is 0.294 e. The van der Waals surface area contributed by atoms with Crippen molar-refractivity contribution >= 4 is 28.2 Å². The van der Waals surface area contributed by atoms with Crippen LogP contribution in [0, 0.1) is 12.3 Å². The van der Waals surface area contributed by atoms with E-state index in [1.54, 1.807) is 0 Å². The highest BCUT2D eigenvalue weighted by atomic mass is 35.5. The molecule has 0 aromatic heterocycles. The highest BCUT2D eigenvalue weighted by Crippen LogP contribution is 2.30. The lowest BCUT2D eigenvalue weighted by atomic mass is 9.82. The van der Waals surface area contributed by atoms with Crippen LogP contribution in [-0.4, -0.2) is 11.7 Å². The summed E-state index contributed by atoms with van der Waals surface area (Å²) in [5.41, 5.74) is 1.28. The Bertz CT molecular complexity index is 599. The van der Waals surface area contributed by atoms with Crippen molar-refractivity contribution in [1.29, 1.82) is 0 Å². The van der Waals surface area contributed by atoms with Gasteiger partial charge >= 0.3 is 0 Å². The standard InChI is InChI=1S/C16H17ClO/c1-11-8-9-12-6-4-5-7-13(12)14(11)15(18)16(2,3)10-17/h4-9H,10H2,1-3H3. The van der Waals surface area contributed by atoms with Gasteiger partial charge < -0.3 is 0 Å². The second kappa shape index (κ2) is 4.74. The van der Waals surface area contributed by atoms with Crippen molar-refractivity contribution in [2.75, 3.05) is 5.88 Å². The fourth-order valence-corrected chi connectivity index (χ4v) is 2.20. The molecule has 0 aliphatic carbocycles. The van der Waals surface area contributed by atoms with Gasteiger partial charge in [-0.3, -0.25) is 4.79 Å². The molecule has 0 heterocycles. The molecule has 0 N–H and O–H groups in total. The zero-order valence-corrected chi connectivity index (χ0v) is 11.7. The highest BCUT2D eigenvalue weighted by molar-refractivity contribution is 6.22. The Kier molecular flexibility index (Phi) is 3.45. The molecule has 0 aliphatic heterocycles. The number of Topliss-reactive ketones (excluding diaryl/α,β-unsaturated/α-hetero) is 1. The number of rotatable bonds is 3. The fraction of sp³-hybridized carbons (Fsp3) is 0.312. The van der Waals surface area contributed by atoms with Gasteiger partial charge in [0.1, 0.15) is 0 Å². The summed E-state index contributed by atoms with van der Waals surface area (Å²) in [6.07, 6.45) is 0. The van der Waals surface area contributed by atoms with Crippen molar-refractivity contribution in [3.8, 4) is 0 Å². The van der Waals surface area contributed by atoms with E-state index in [-0.39, 0.29) is 5.78 Å². The Morgan fingerprint density at radius 3 is 2.50 bits per heavy atom. The van der Waals surface area contributed by atoms with Gasteiger partial charge in [-0.15, -0.1) is 11.6 Å². The summed E-state index contributed by atoms with van der Waals surface area (Å²) in [5.74, 6) is 0.445. The SMILES string of the molecule is Cc1ccc2ccccc2c1C(=O)C(C)(C)CCl. The summed E-state index contributed by atoms with van der Waals surface area (Å²) in [5, 5.41) is 2.11.